The molecule has 2 aliphatic heterocycles. The number of nitrogens with zero attached hydrogens (tertiary/aromatic N) is 3. The standard InChI is InChI=1S/C21H23FN4O3/c1-21-17(6-4-10-28-21)29-16-8-7-13(14-5-3-9-24-19(14)22)11-15(16)18(21)25-20(23)26(2)12-27/h3,5,7-9,11-12,17-18H,4,6,10H2,1-2H3,(H2,23,25)/t17-,18-,21-/m0/s1. The Morgan fingerprint density at radius 1 is 1.45 bits per heavy atom. The summed E-state index contributed by atoms with van der Waals surface area (Å²) in [5.41, 5.74) is 7.05. The zero-order chi connectivity index (χ0) is 20.6. The molecule has 3 atom stereocenters. The number of nitrogens with two attached hydrogens (primary N) is 1. The Bertz CT molecular complexity index is 967. The van der Waals surface area contributed by atoms with Gasteiger partial charge in [-0.3, -0.25) is 9.69 Å². The van der Waals surface area contributed by atoms with Crippen LogP contribution in [0, 0.1) is 5.95 Å². The van der Waals surface area contributed by atoms with Crippen LogP contribution in [0.2, 0.25) is 0 Å². The summed E-state index contributed by atoms with van der Waals surface area (Å²) in [4.78, 5) is 20.7. The minimum Gasteiger partial charge on any atom is -0.487 e. The van der Waals surface area contributed by atoms with Gasteiger partial charge in [0.1, 0.15) is 23.5 Å². The van der Waals surface area contributed by atoms with Crippen LogP contribution >= 0.6 is 0 Å². The highest BCUT2D eigenvalue weighted by Crippen LogP contribution is 2.49. The zero-order valence-corrected chi connectivity index (χ0v) is 16.3. The number of guanidine groups is 1. The van der Waals surface area contributed by atoms with Crippen LogP contribution in [0.4, 0.5) is 4.39 Å². The molecular formula is C21H23FN4O3. The van der Waals surface area contributed by atoms with E-state index in [-0.39, 0.29) is 12.1 Å². The van der Waals surface area contributed by atoms with Crippen molar-refractivity contribution >= 4 is 12.4 Å². The molecule has 0 unspecified atom stereocenters. The Morgan fingerprint density at radius 3 is 3.03 bits per heavy atom. The van der Waals surface area contributed by atoms with Crippen LogP contribution in [0.15, 0.2) is 41.5 Å². The molecule has 29 heavy (non-hydrogen) atoms. The van der Waals surface area contributed by atoms with Crippen LogP contribution in [0.1, 0.15) is 31.4 Å². The van der Waals surface area contributed by atoms with Crippen molar-refractivity contribution in [2.75, 3.05) is 13.7 Å². The Kier molecular flexibility index (Phi) is 4.96. The first-order valence-electron chi connectivity index (χ1n) is 9.51. The van der Waals surface area contributed by atoms with E-state index in [9.17, 15) is 9.18 Å². The van der Waals surface area contributed by atoms with Crippen LogP contribution in [0.5, 0.6) is 5.75 Å². The average molecular weight is 398 g/mol. The summed E-state index contributed by atoms with van der Waals surface area (Å²) in [7, 11) is 1.54. The summed E-state index contributed by atoms with van der Waals surface area (Å²) in [6, 6.07) is 8.28. The predicted molar refractivity (Wildman–Crippen MR) is 106 cm³/mol. The highest BCUT2D eigenvalue weighted by molar-refractivity contribution is 5.87. The average Bonchev–Trinajstić information content (AvgIpc) is 2.73. The van der Waals surface area contributed by atoms with E-state index in [1.807, 2.05) is 19.1 Å². The van der Waals surface area contributed by atoms with Crippen molar-refractivity contribution in [3.8, 4) is 16.9 Å². The molecular weight excluding hydrogens is 375 g/mol. The van der Waals surface area contributed by atoms with E-state index in [2.05, 4.69) is 9.98 Å². The van der Waals surface area contributed by atoms with Gasteiger partial charge < -0.3 is 15.2 Å². The second kappa shape index (κ2) is 7.44. The SMILES string of the molecule is CN(C=O)C(N)=N[C@H]1c2cc(-c3cccnc3F)ccc2O[C@H]2CCCO[C@@]21C. The molecule has 8 heteroatoms. The number of rotatable bonds is 3. The van der Waals surface area contributed by atoms with E-state index < -0.39 is 17.6 Å². The molecule has 0 spiro atoms. The van der Waals surface area contributed by atoms with Crippen LogP contribution in [0.25, 0.3) is 11.1 Å². The van der Waals surface area contributed by atoms with Gasteiger partial charge in [-0.15, -0.1) is 0 Å². The van der Waals surface area contributed by atoms with E-state index in [1.165, 1.54) is 18.1 Å². The van der Waals surface area contributed by atoms with Gasteiger partial charge in [0.05, 0.1) is 0 Å². The molecule has 152 valence electrons. The van der Waals surface area contributed by atoms with Crippen molar-refractivity contribution < 1.29 is 18.7 Å². The van der Waals surface area contributed by atoms with Gasteiger partial charge in [-0.25, -0.2) is 9.98 Å². The Morgan fingerprint density at radius 2 is 2.28 bits per heavy atom. The number of pyridine rings is 1. The number of aliphatic imine (C=N–C) groups is 1. The molecule has 2 N–H and O–H groups in total. The Hall–Kier alpha value is -3.00. The van der Waals surface area contributed by atoms with Crippen LogP contribution in [-0.2, 0) is 9.53 Å². The van der Waals surface area contributed by atoms with Crippen molar-refractivity contribution in [2.24, 2.45) is 10.7 Å². The first kappa shape index (κ1) is 19.3. The maximum absolute atomic E-state index is 14.3. The molecule has 0 aliphatic carbocycles. The third-order valence-electron chi connectivity index (χ3n) is 5.63. The minimum atomic E-state index is -0.758. The molecule has 1 fully saturated rings. The first-order chi connectivity index (χ1) is 13.9. The molecule has 1 aromatic heterocycles. The summed E-state index contributed by atoms with van der Waals surface area (Å²) >= 11 is 0. The summed E-state index contributed by atoms with van der Waals surface area (Å²) in [6.45, 7) is 2.53. The van der Waals surface area contributed by atoms with Gasteiger partial charge in [0.2, 0.25) is 12.4 Å². The van der Waals surface area contributed by atoms with Gasteiger partial charge in [-0.1, -0.05) is 6.07 Å². The summed E-state index contributed by atoms with van der Waals surface area (Å²) in [6.07, 6.45) is 3.51. The van der Waals surface area contributed by atoms with Gasteiger partial charge in [0.15, 0.2) is 5.96 Å². The molecule has 1 saturated heterocycles. The van der Waals surface area contributed by atoms with Crippen molar-refractivity contribution in [3.63, 3.8) is 0 Å². The Balaban J connectivity index is 1.86. The normalized spacial score (nSPS) is 26.1. The number of halogens is 1. The zero-order valence-electron chi connectivity index (χ0n) is 16.3. The summed E-state index contributed by atoms with van der Waals surface area (Å²) in [5.74, 6) is 0.175. The monoisotopic (exact) mass is 398 g/mol. The largest absolute Gasteiger partial charge is 0.487 e. The lowest BCUT2D eigenvalue weighted by Crippen LogP contribution is -2.55. The second-order valence-electron chi connectivity index (χ2n) is 7.48. The molecule has 2 aliphatic rings. The van der Waals surface area contributed by atoms with E-state index >= 15 is 0 Å². The highest BCUT2D eigenvalue weighted by atomic mass is 19.1. The van der Waals surface area contributed by atoms with Crippen LogP contribution in [-0.4, -0.2) is 47.6 Å². The first-order valence-corrected chi connectivity index (χ1v) is 9.51. The van der Waals surface area contributed by atoms with Gasteiger partial charge in [-0.05, 0) is 49.6 Å². The lowest BCUT2D eigenvalue weighted by Gasteiger charge is -2.48. The molecule has 1 aromatic carbocycles. The fourth-order valence-electron chi connectivity index (χ4n) is 3.95. The molecule has 4 rings (SSSR count). The maximum atomic E-state index is 14.3. The third kappa shape index (κ3) is 3.33. The van der Waals surface area contributed by atoms with Crippen molar-refractivity contribution in [3.05, 3.63) is 48.0 Å². The number of hydrogen-bond donors (Lipinski definition) is 1. The number of fused-ring (bicyclic) bond motifs is 2. The number of carbonyl (C=O) groups is 1. The molecule has 3 heterocycles. The van der Waals surface area contributed by atoms with Gasteiger partial charge in [0.25, 0.3) is 0 Å². The Labute approximate surface area is 168 Å². The van der Waals surface area contributed by atoms with Crippen molar-refractivity contribution in [1.29, 1.82) is 0 Å². The van der Waals surface area contributed by atoms with Gasteiger partial charge in [-0.2, -0.15) is 4.39 Å². The summed E-state index contributed by atoms with van der Waals surface area (Å²) < 4.78 is 26.6. The number of hydrogen-bond acceptors (Lipinski definition) is 5. The molecule has 0 radical (unpaired) electrons. The summed E-state index contributed by atoms with van der Waals surface area (Å²) in [5, 5.41) is 0. The van der Waals surface area contributed by atoms with Crippen molar-refractivity contribution in [2.45, 2.75) is 37.5 Å². The molecule has 2 aromatic rings. The van der Waals surface area contributed by atoms with E-state index in [0.29, 0.717) is 29.9 Å². The number of benzene rings is 1. The maximum Gasteiger partial charge on any atom is 0.220 e. The number of carbonyl (C=O) groups excluding carboxylic acids is 1. The van der Waals surface area contributed by atoms with Crippen molar-refractivity contribution in [1.82, 2.24) is 9.88 Å². The van der Waals surface area contributed by atoms with Crippen LogP contribution in [0.3, 0.4) is 0 Å². The van der Waals surface area contributed by atoms with Gasteiger partial charge in [0, 0.05) is 31.0 Å². The topological polar surface area (TPSA) is 90.0 Å². The predicted octanol–water partition coefficient (Wildman–Crippen LogP) is 2.66. The fourth-order valence-corrected chi connectivity index (χ4v) is 3.95. The molecule has 1 amide bonds. The van der Waals surface area contributed by atoms with E-state index in [1.54, 1.807) is 18.2 Å². The van der Waals surface area contributed by atoms with E-state index in [0.717, 1.165) is 18.4 Å². The number of aromatic nitrogens is 1. The molecule has 0 saturated carbocycles. The third-order valence-corrected chi connectivity index (χ3v) is 5.63. The van der Waals surface area contributed by atoms with E-state index in [4.69, 9.17) is 15.2 Å². The number of amides is 1. The second-order valence-corrected chi connectivity index (χ2v) is 7.48. The lowest BCUT2D eigenvalue weighted by atomic mass is 9.79. The molecule has 7 nitrogen and oxygen atoms in total. The quantitative estimate of drug-likeness (QED) is 0.372. The lowest BCUT2D eigenvalue weighted by molar-refractivity contribution is -0.156. The minimum absolute atomic E-state index is 0.0740. The highest BCUT2D eigenvalue weighted by Gasteiger charge is 2.51. The molecule has 0 bridgehead atoms. The van der Waals surface area contributed by atoms with Crippen LogP contribution < -0.4 is 10.5 Å². The fraction of sp³-hybridized carbons (Fsp3) is 0.381. The smallest absolute Gasteiger partial charge is 0.220 e. The van der Waals surface area contributed by atoms with Gasteiger partial charge >= 0.3 is 0 Å². The number of ether oxygens (including phenoxy) is 2.